The van der Waals surface area contributed by atoms with Gasteiger partial charge in [-0.25, -0.2) is 15.0 Å². The van der Waals surface area contributed by atoms with Gasteiger partial charge in [-0.3, -0.25) is 14.4 Å². The van der Waals surface area contributed by atoms with Crippen molar-refractivity contribution >= 4 is 46.1 Å². The first-order chi connectivity index (χ1) is 14.1. The summed E-state index contributed by atoms with van der Waals surface area (Å²) in [5.74, 6) is -1.53. The number of fused-ring (bicyclic) bond motifs is 1. The second-order valence-electron chi connectivity index (χ2n) is 6.29. The first-order valence-electron chi connectivity index (χ1n) is 8.78. The molecule has 1 aliphatic rings. The van der Waals surface area contributed by atoms with Gasteiger partial charge in [-0.15, -0.1) is 11.3 Å². The molecule has 2 N–H and O–H groups in total. The van der Waals surface area contributed by atoms with E-state index in [9.17, 15) is 14.4 Å². The predicted molar refractivity (Wildman–Crippen MR) is 108 cm³/mol. The van der Waals surface area contributed by atoms with E-state index in [1.165, 1.54) is 29.7 Å². The van der Waals surface area contributed by atoms with Crippen LogP contribution >= 0.6 is 11.3 Å². The van der Waals surface area contributed by atoms with Gasteiger partial charge in [0.1, 0.15) is 5.65 Å². The molecule has 0 spiro atoms. The summed E-state index contributed by atoms with van der Waals surface area (Å²) in [5, 5.41) is 7.58. The maximum Gasteiger partial charge on any atom is 0.269 e. The number of pyridine rings is 1. The van der Waals surface area contributed by atoms with Crippen LogP contribution in [0, 0.1) is 5.92 Å². The van der Waals surface area contributed by atoms with Gasteiger partial charge in [-0.1, -0.05) is 12.1 Å². The standard InChI is InChI=1S/C19H16N6O3S/c26-16-5-4-12(8-20-16)18(28)24-19-23-13(11-29-19)7-17(27)21-9-14-10-25-6-2-1-3-15(25)22-14/h1-6,8,10-12H,7,9H2,(H,21,27)(H,23,24,28). The number of anilines is 1. The van der Waals surface area contributed by atoms with Crippen molar-refractivity contribution < 1.29 is 14.4 Å². The van der Waals surface area contributed by atoms with Crippen LogP contribution in [-0.2, 0) is 27.3 Å². The largest absolute Gasteiger partial charge is 0.350 e. The highest BCUT2D eigenvalue weighted by molar-refractivity contribution is 7.13. The van der Waals surface area contributed by atoms with E-state index in [1.54, 1.807) is 5.38 Å². The van der Waals surface area contributed by atoms with Crippen LogP contribution in [0.2, 0.25) is 0 Å². The molecule has 4 rings (SSSR count). The summed E-state index contributed by atoms with van der Waals surface area (Å²) in [7, 11) is 0. The summed E-state index contributed by atoms with van der Waals surface area (Å²) in [6.07, 6.45) is 7.88. The number of imidazole rings is 1. The van der Waals surface area contributed by atoms with Crippen LogP contribution in [0.4, 0.5) is 5.13 Å². The first-order valence-corrected chi connectivity index (χ1v) is 9.66. The van der Waals surface area contributed by atoms with Crippen molar-refractivity contribution in [2.75, 3.05) is 5.32 Å². The number of nitrogens with zero attached hydrogens (tertiary/aromatic N) is 4. The minimum Gasteiger partial charge on any atom is -0.350 e. The average Bonchev–Trinajstić information content (AvgIpc) is 3.33. The summed E-state index contributed by atoms with van der Waals surface area (Å²) in [6.45, 7) is 0.320. The Balaban J connectivity index is 1.28. The molecule has 1 aliphatic heterocycles. The molecule has 4 heterocycles. The van der Waals surface area contributed by atoms with E-state index in [1.807, 2.05) is 35.0 Å². The molecule has 0 fully saturated rings. The van der Waals surface area contributed by atoms with Crippen molar-refractivity contribution in [3.63, 3.8) is 0 Å². The van der Waals surface area contributed by atoms with Crippen molar-refractivity contribution in [1.82, 2.24) is 19.7 Å². The lowest BCUT2D eigenvalue weighted by Crippen LogP contribution is -2.25. The van der Waals surface area contributed by atoms with Crippen LogP contribution in [0.15, 0.2) is 53.1 Å². The molecule has 0 aliphatic carbocycles. The van der Waals surface area contributed by atoms with Crippen molar-refractivity contribution in [3.05, 3.63) is 59.5 Å². The number of aliphatic imine (C=N–C) groups is 1. The zero-order valence-electron chi connectivity index (χ0n) is 15.1. The molecule has 0 bridgehead atoms. The maximum atomic E-state index is 12.2. The normalized spacial score (nSPS) is 15.6. The average molecular weight is 408 g/mol. The summed E-state index contributed by atoms with van der Waals surface area (Å²) in [6, 6.07) is 5.70. The number of hydrogen-bond donors (Lipinski definition) is 2. The Bertz CT molecular complexity index is 1100. The van der Waals surface area contributed by atoms with Crippen LogP contribution in [0.3, 0.4) is 0 Å². The minimum atomic E-state index is -0.617. The Labute approximate surface area is 169 Å². The fourth-order valence-corrected chi connectivity index (χ4v) is 3.42. The third kappa shape index (κ3) is 4.61. The maximum absolute atomic E-state index is 12.2. The molecule has 3 amide bonds. The minimum absolute atomic E-state index is 0.0963. The number of carbonyl (C=O) groups excluding carboxylic acids is 3. The predicted octanol–water partition coefficient (Wildman–Crippen LogP) is 1.37. The van der Waals surface area contributed by atoms with Gasteiger partial charge < -0.3 is 15.0 Å². The van der Waals surface area contributed by atoms with Crippen LogP contribution in [0.1, 0.15) is 11.4 Å². The smallest absolute Gasteiger partial charge is 0.269 e. The fourth-order valence-electron chi connectivity index (χ4n) is 2.71. The molecule has 0 saturated heterocycles. The van der Waals surface area contributed by atoms with E-state index in [-0.39, 0.29) is 24.1 Å². The van der Waals surface area contributed by atoms with Crippen molar-refractivity contribution in [2.24, 2.45) is 10.9 Å². The van der Waals surface area contributed by atoms with E-state index in [2.05, 4.69) is 25.6 Å². The van der Waals surface area contributed by atoms with Gasteiger partial charge >= 0.3 is 0 Å². The van der Waals surface area contributed by atoms with Gasteiger partial charge in [0, 0.05) is 30.1 Å². The van der Waals surface area contributed by atoms with Gasteiger partial charge in [0.25, 0.3) is 5.91 Å². The van der Waals surface area contributed by atoms with Gasteiger partial charge in [-0.05, 0) is 12.1 Å². The van der Waals surface area contributed by atoms with Crippen LogP contribution in [-0.4, -0.2) is 38.3 Å². The van der Waals surface area contributed by atoms with Crippen molar-refractivity contribution in [1.29, 1.82) is 0 Å². The number of hydrogen-bond acceptors (Lipinski definition) is 6. The topological polar surface area (TPSA) is 118 Å². The molecular weight excluding hydrogens is 392 g/mol. The number of rotatable bonds is 6. The molecule has 9 nitrogen and oxygen atoms in total. The second kappa shape index (κ2) is 8.15. The van der Waals surface area contributed by atoms with Crippen LogP contribution in [0.5, 0.6) is 0 Å². The SMILES string of the molecule is O=C1C=CC(C(=O)Nc2nc(CC(=O)NCc3cn4ccccc4n3)cs2)C=N1. The number of dihydropyridines is 1. The van der Waals surface area contributed by atoms with E-state index in [0.29, 0.717) is 17.4 Å². The number of carbonyl (C=O) groups is 3. The van der Waals surface area contributed by atoms with E-state index in [0.717, 1.165) is 11.3 Å². The van der Waals surface area contributed by atoms with Crippen LogP contribution < -0.4 is 10.6 Å². The zero-order chi connectivity index (χ0) is 20.2. The van der Waals surface area contributed by atoms with Gasteiger partial charge in [0.15, 0.2) is 5.13 Å². The number of nitrogens with one attached hydrogen (secondary N) is 2. The molecule has 0 radical (unpaired) electrons. The summed E-state index contributed by atoms with van der Waals surface area (Å²) in [5.41, 5.74) is 2.14. The summed E-state index contributed by atoms with van der Waals surface area (Å²) < 4.78 is 1.89. The van der Waals surface area contributed by atoms with Gasteiger partial charge in [0.05, 0.1) is 30.3 Å². The lowest BCUT2D eigenvalue weighted by molar-refractivity contribution is -0.120. The van der Waals surface area contributed by atoms with E-state index >= 15 is 0 Å². The highest BCUT2D eigenvalue weighted by Crippen LogP contribution is 2.17. The lowest BCUT2D eigenvalue weighted by Gasteiger charge is -2.08. The van der Waals surface area contributed by atoms with E-state index in [4.69, 9.17) is 0 Å². The summed E-state index contributed by atoms with van der Waals surface area (Å²) >= 11 is 1.23. The Morgan fingerprint density at radius 2 is 2.10 bits per heavy atom. The third-order valence-corrected chi connectivity index (χ3v) is 4.92. The molecule has 0 aromatic carbocycles. The molecular formula is C19H16N6O3S. The highest BCUT2D eigenvalue weighted by atomic mass is 32.1. The monoisotopic (exact) mass is 408 g/mol. The van der Waals surface area contributed by atoms with Crippen molar-refractivity contribution in [3.8, 4) is 0 Å². The Kier molecular flexibility index (Phi) is 5.25. The Hall–Kier alpha value is -3.66. The molecule has 146 valence electrons. The molecule has 1 unspecified atom stereocenters. The molecule has 3 aromatic heterocycles. The molecule has 1 atom stereocenters. The van der Waals surface area contributed by atoms with E-state index < -0.39 is 5.92 Å². The highest BCUT2D eigenvalue weighted by Gasteiger charge is 2.18. The summed E-state index contributed by atoms with van der Waals surface area (Å²) in [4.78, 5) is 47.6. The van der Waals surface area contributed by atoms with Crippen LogP contribution in [0.25, 0.3) is 5.65 Å². The lowest BCUT2D eigenvalue weighted by atomic mass is 10.1. The molecule has 10 heteroatoms. The van der Waals surface area contributed by atoms with Crippen molar-refractivity contribution in [2.45, 2.75) is 13.0 Å². The number of aromatic nitrogens is 3. The van der Waals surface area contributed by atoms with Gasteiger partial charge in [-0.2, -0.15) is 0 Å². The Morgan fingerprint density at radius 1 is 1.21 bits per heavy atom. The van der Waals surface area contributed by atoms with Gasteiger partial charge in [0.2, 0.25) is 11.8 Å². The molecule has 29 heavy (non-hydrogen) atoms. The number of amides is 3. The third-order valence-electron chi connectivity index (χ3n) is 4.12. The molecule has 3 aromatic rings. The second-order valence-corrected chi connectivity index (χ2v) is 7.14. The zero-order valence-corrected chi connectivity index (χ0v) is 15.9. The number of thiazole rings is 1. The Morgan fingerprint density at radius 3 is 2.90 bits per heavy atom. The molecule has 0 saturated carbocycles. The quantitative estimate of drug-likeness (QED) is 0.639. The first kappa shape index (κ1) is 18.7. The fraction of sp³-hybridized carbons (Fsp3) is 0.158.